The third-order valence-electron chi connectivity index (χ3n) is 2.80. The van der Waals surface area contributed by atoms with Crippen molar-refractivity contribution in [3.8, 4) is 0 Å². The lowest BCUT2D eigenvalue weighted by Crippen LogP contribution is -2.31. The van der Waals surface area contributed by atoms with Gasteiger partial charge in [-0.05, 0) is 43.9 Å². The van der Waals surface area contributed by atoms with Gasteiger partial charge in [-0.15, -0.1) is 0 Å². The molecular formula is C14H23NO. The van der Waals surface area contributed by atoms with Crippen LogP contribution in [0.5, 0.6) is 0 Å². The van der Waals surface area contributed by atoms with Gasteiger partial charge in [0.05, 0.1) is 0 Å². The van der Waals surface area contributed by atoms with E-state index in [9.17, 15) is 0 Å². The molecule has 0 heterocycles. The Hall–Kier alpha value is -1.02. The molecule has 0 unspecified atom stereocenters. The molecule has 0 radical (unpaired) electrons. The van der Waals surface area contributed by atoms with E-state index in [2.05, 4.69) is 57.3 Å². The molecule has 2 heteroatoms. The van der Waals surface area contributed by atoms with E-state index in [4.69, 9.17) is 5.11 Å². The molecule has 16 heavy (non-hydrogen) atoms. The summed E-state index contributed by atoms with van der Waals surface area (Å²) in [6, 6.07) is 8.52. The first-order valence-electron chi connectivity index (χ1n) is 5.93. The molecule has 0 aromatic heterocycles. The van der Waals surface area contributed by atoms with Gasteiger partial charge in [-0.25, -0.2) is 0 Å². The molecule has 1 aromatic rings. The van der Waals surface area contributed by atoms with Crippen LogP contribution in [0.2, 0.25) is 0 Å². The monoisotopic (exact) mass is 221 g/mol. The summed E-state index contributed by atoms with van der Waals surface area (Å²) in [5, 5.41) is 12.4. The van der Waals surface area contributed by atoms with Crippen molar-refractivity contribution in [2.75, 3.05) is 11.9 Å². The first kappa shape index (κ1) is 13.0. The Morgan fingerprint density at radius 1 is 1.19 bits per heavy atom. The van der Waals surface area contributed by atoms with Gasteiger partial charge in [0.25, 0.3) is 0 Å². The van der Waals surface area contributed by atoms with Crippen LogP contribution >= 0.6 is 0 Å². The average molecular weight is 221 g/mol. The van der Waals surface area contributed by atoms with Gasteiger partial charge < -0.3 is 10.4 Å². The molecule has 2 nitrogen and oxygen atoms in total. The highest BCUT2D eigenvalue weighted by Crippen LogP contribution is 2.21. The molecule has 1 rings (SSSR count). The minimum Gasteiger partial charge on any atom is -0.396 e. The van der Waals surface area contributed by atoms with Crippen LogP contribution in [-0.4, -0.2) is 17.3 Å². The smallest absolute Gasteiger partial charge is 0.0453 e. The average Bonchev–Trinajstić information content (AvgIpc) is 2.17. The van der Waals surface area contributed by atoms with Crippen LogP contribution in [-0.2, 0) is 0 Å². The molecule has 0 aliphatic carbocycles. The second-order valence-corrected chi connectivity index (χ2v) is 5.26. The highest BCUT2D eigenvalue weighted by Gasteiger charge is 2.16. The molecule has 0 bridgehead atoms. The summed E-state index contributed by atoms with van der Waals surface area (Å²) < 4.78 is 0. The highest BCUT2D eigenvalue weighted by molar-refractivity contribution is 5.47. The zero-order valence-corrected chi connectivity index (χ0v) is 10.7. The number of anilines is 1. The summed E-state index contributed by atoms with van der Waals surface area (Å²) in [6.07, 6.45) is 0.749. The zero-order chi connectivity index (χ0) is 12.2. The van der Waals surface area contributed by atoms with E-state index >= 15 is 0 Å². The van der Waals surface area contributed by atoms with Gasteiger partial charge in [0.1, 0.15) is 0 Å². The minimum absolute atomic E-state index is 0.0614. The van der Waals surface area contributed by atoms with Crippen LogP contribution < -0.4 is 5.32 Å². The van der Waals surface area contributed by atoms with Crippen molar-refractivity contribution >= 4 is 5.69 Å². The summed E-state index contributed by atoms with van der Waals surface area (Å²) in [6.45, 7) is 8.79. The van der Waals surface area contributed by atoms with E-state index in [0.717, 1.165) is 12.1 Å². The van der Waals surface area contributed by atoms with Gasteiger partial charge in [0, 0.05) is 17.8 Å². The van der Waals surface area contributed by atoms with Crippen LogP contribution in [0.25, 0.3) is 0 Å². The predicted octanol–water partition coefficient (Wildman–Crippen LogP) is 3.38. The Morgan fingerprint density at radius 2 is 1.75 bits per heavy atom. The lowest BCUT2D eigenvalue weighted by Gasteiger charge is -2.27. The van der Waals surface area contributed by atoms with Gasteiger partial charge in [-0.2, -0.15) is 0 Å². The number of aliphatic hydroxyl groups is 1. The third-order valence-corrected chi connectivity index (χ3v) is 2.80. The number of hydrogen-bond acceptors (Lipinski definition) is 2. The molecule has 0 atom stereocenters. The number of nitrogens with one attached hydrogen (secondary N) is 1. The second kappa shape index (κ2) is 5.35. The number of rotatable bonds is 5. The molecule has 0 aliphatic rings. The normalized spacial score (nSPS) is 11.9. The van der Waals surface area contributed by atoms with E-state index in [-0.39, 0.29) is 12.1 Å². The maximum Gasteiger partial charge on any atom is 0.0453 e. The quantitative estimate of drug-likeness (QED) is 0.799. The molecule has 90 valence electrons. The first-order chi connectivity index (χ1) is 7.44. The van der Waals surface area contributed by atoms with Crippen LogP contribution in [0.4, 0.5) is 5.69 Å². The maximum absolute atomic E-state index is 8.96. The lowest BCUT2D eigenvalue weighted by atomic mass is 9.99. The molecule has 0 aliphatic heterocycles. The molecule has 0 spiro atoms. The van der Waals surface area contributed by atoms with Gasteiger partial charge in [0.15, 0.2) is 0 Å². The zero-order valence-electron chi connectivity index (χ0n) is 10.7. The van der Waals surface area contributed by atoms with E-state index in [0.29, 0.717) is 5.92 Å². The van der Waals surface area contributed by atoms with Crippen molar-refractivity contribution in [2.45, 2.75) is 45.6 Å². The summed E-state index contributed by atoms with van der Waals surface area (Å²) in [5.74, 6) is 0.569. The molecular weight excluding hydrogens is 198 g/mol. The van der Waals surface area contributed by atoms with Gasteiger partial charge in [0.2, 0.25) is 0 Å². The van der Waals surface area contributed by atoms with Gasteiger partial charge in [-0.1, -0.05) is 26.0 Å². The molecule has 2 N–H and O–H groups in total. The van der Waals surface area contributed by atoms with Crippen molar-refractivity contribution in [3.63, 3.8) is 0 Å². The fourth-order valence-corrected chi connectivity index (χ4v) is 1.68. The fraction of sp³-hybridized carbons (Fsp3) is 0.571. The third kappa shape index (κ3) is 3.86. The molecule has 0 saturated carbocycles. The summed E-state index contributed by atoms with van der Waals surface area (Å²) in [4.78, 5) is 0. The molecule has 0 fully saturated rings. The first-order valence-corrected chi connectivity index (χ1v) is 5.93. The summed E-state index contributed by atoms with van der Waals surface area (Å²) in [5.41, 5.74) is 2.40. The van der Waals surface area contributed by atoms with Gasteiger partial charge >= 0.3 is 0 Å². The number of hydrogen-bond donors (Lipinski definition) is 2. The van der Waals surface area contributed by atoms with Crippen molar-refractivity contribution in [3.05, 3.63) is 29.8 Å². The van der Waals surface area contributed by atoms with Crippen molar-refractivity contribution in [1.29, 1.82) is 0 Å². The number of aliphatic hydroxyl groups excluding tert-OH is 1. The van der Waals surface area contributed by atoms with Crippen LogP contribution in [0.1, 0.15) is 45.6 Å². The fourth-order valence-electron chi connectivity index (χ4n) is 1.68. The summed E-state index contributed by atoms with van der Waals surface area (Å²) >= 11 is 0. The SMILES string of the molecule is CC(C)c1ccc(NC(C)(C)CCO)cc1. The Labute approximate surface area is 98.7 Å². The van der Waals surface area contributed by atoms with Gasteiger partial charge in [-0.3, -0.25) is 0 Å². The predicted molar refractivity (Wildman–Crippen MR) is 69.9 cm³/mol. The van der Waals surface area contributed by atoms with Crippen LogP contribution in [0.3, 0.4) is 0 Å². The standard InChI is InChI=1S/C14H23NO/c1-11(2)12-5-7-13(8-6-12)15-14(3,4)9-10-16/h5-8,11,15-16H,9-10H2,1-4H3. The van der Waals surface area contributed by atoms with Crippen LogP contribution in [0.15, 0.2) is 24.3 Å². The van der Waals surface area contributed by atoms with E-state index in [1.807, 2.05) is 0 Å². The summed E-state index contributed by atoms with van der Waals surface area (Å²) in [7, 11) is 0. The molecule has 1 aromatic carbocycles. The van der Waals surface area contributed by atoms with Crippen molar-refractivity contribution < 1.29 is 5.11 Å². The van der Waals surface area contributed by atoms with Crippen LogP contribution in [0, 0.1) is 0 Å². The van der Waals surface area contributed by atoms with E-state index in [1.54, 1.807) is 0 Å². The van der Waals surface area contributed by atoms with Crippen molar-refractivity contribution in [1.82, 2.24) is 0 Å². The maximum atomic E-state index is 8.96. The Balaban J connectivity index is 2.68. The lowest BCUT2D eigenvalue weighted by molar-refractivity contribution is 0.261. The van der Waals surface area contributed by atoms with Crippen molar-refractivity contribution in [2.24, 2.45) is 0 Å². The topological polar surface area (TPSA) is 32.3 Å². The number of benzene rings is 1. The highest BCUT2D eigenvalue weighted by atomic mass is 16.3. The van der Waals surface area contributed by atoms with E-state index < -0.39 is 0 Å². The molecule has 0 saturated heterocycles. The Kier molecular flexibility index (Phi) is 4.36. The second-order valence-electron chi connectivity index (χ2n) is 5.26. The largest absolute Gasteiger partial charge is 0.396 e. The Morgan fingerprint density at radius 3 is 2.19 bits per heavy atom. The minimum atomic E-state index is -0.0614. The molecule has 0 amide bonds. The van der Waals surface area contributed by atoms with E-state index in [1.165, 1.54) is 5.56 Å². The Bertz CT molecular complexity index is 314.